The van der Waals surface area contributed by atoms with Crippen LogP contribution in [0.1, 0.15) is 22.7 Å². The van der Waals surface area contributed by atoms with Crippen LogP contribution in [0.5, 0.6) is 5.75 Å². The van der Waals surface area contributed by atoms with Crippen molar-refractivity contribution >= 4 is 17.4 Å². The Morgan fingerprint density at radius 2 is 2.03 bits per heavy atom. The molecule has 0 spiro atoms. The first-order chi connectivity index (χ1) is 13.8. The lowest BCUT2D eigenvalue weighted by Gasteiger charge is -2.26. The van der Waals surface area contributed by atoms with E-state index in [4.69, 9.17) is 4.74 Å². The molecule has 1 unspecified atom stereocenters. The van der Waals surface area contributed by atoms with Gasteiger partial charge in [0, 0.05) is 25.5 Å². The molecule has 1 aromatic carbocycles. The highest BCUT2D eigenvalue weighted by Gasteiger charge is 2.46. The summed E-state index contributed by atoms with van der Waals surface area (Å²) in [5.41, 5.74) is 1.99. The molecule has 0 bridgehead atoms. The Hall–Kier alpha value is -3.19. The van der Waals surface area contributed by atoms with Crippen LogP contribution in [0.3, 0.4) is 0 Å². The lowest BCUT2D eigenvalue weighted by Crippen LogP contribution is -2.35. The summed E-state index contributed by atoms with van der Waals surface area (Å²) in [7, 11) is 5.29. The predicted octanol–water partition coefficient (Wildman–Crippen LogP) is 2.38. The van der Waals surface area contributed by atoms with Gasteiger partial charge in [-0.1, -0.05) is 17.7 Å². The SMILES string of the molecule is COc1ccc(C)cc1/C(O)=C1\C(=O)C(=O)N(CCN(C)C)C1c1cccnc1. The van der Waals surface area contributed by atoms with E-state index in [0.29, 0.717) is 30.0 Å². The van der Waals surface area contributed by atoms with Gasteiger partial charge in [0.2, 0.25) is 0 Å². The topological polar surface area (TPSA) is 83.0 Å². The summed E-state index contributed by atoms with van der Waals surface area (Å²) >= 11 is 0. The van der Waals surface area contributed by atoms with E-state index in [1.807, 2.05) is 32.0 Å². The van der Waals surface area contributed by atoms with Crippen LogP contribution >= 0.6 is 0 Å². The average Bonchev–Trinajstić information content (AvgIpc) is 2.97. The van der Waals surface area contributed by atoms with E-state index >= 15 is 0 Å². The van der Waals surface area contributed by atoms with Gasteiger partial charge in [0.1, 0.15) is 11.5 Å². The number of likely N-dealkylation sites (N-methyl/N-ethyl adjacent to an activating group) is 1. The zero-order chi connectivity index (χ0) is 21.1. The molecule has 0 saturated carbocycles. The van der Waals surface area contributed by atoms with Crippen LogP contribution in [0, 0.1) is 6.92 Å². The number of carbonyl (C=O) groups excluding carboxylic acids is 2. The van der Waals surface area contributed by atoms with E-state index in [9.17, 15) is 14.7 Å². The molecule has 1 saturated heterocycles. The predicted molar refractivity (Wildman–Crippen MR) is 110 cm³/mol. The van der Waals surface area contributed by atoms with Gasteiger partial charge in [-0.25, -0.2) is 0 Å². The van der Waals surface area contributed by atoms with Crippen molar-refractivity contribution < 1.29 is 19.4 Å². The van der Waals surface area contributed by atoms with Gasteiger partial charge in [0.05, 0.1) is 24.3 Å². The van der Waals surface area contributed by atoms with E-state index in [1.54, 1.807) is 36.7 Å². The number of benzene rings is 1. The van der Waals surface area contributed by atoms with Gasteiger partial charge in [-0.3, -0.25) is 14.6 Å². The number of carbonyl (C=O) groups is 2. The first-order valence-electron chi connectivity index (χ1n) is 9.33. The number of likely N-dealkylation sites (tertiary alicyclic amines) is 1. The van der Waals surface area contributed by atoms with Crippen LogP contribution < -0.4 is 4.74 Å². The Morgan fingerprint density at radius 3 is 2.66 bits per heavy atom. The van der Waals surface area contributed by atoms with Crippen LogP contribution in [-0.2, 0) is 9.59 Å². The first kappa shape index (κ1) is 20.5. The van der Waals surface area contributed by atoms with E-state index in [1.165, 1.54) is 12.0 Å². The van der Waals surface area contributed by atoms with Crippen LogP contribution in [0.4, 0.5) is 0 Å². The molecule has 1 aromatic heterocycles. The van der Waals surface area contributed by atoms with Gasteiger partial charge in [-0.2, -0.15) is 0 Å². The molecule has 29 heavy (non-hydrogen) atoms. The van der Waals surface area contributed by atoms with Crippen molar-refractivity contribution in [1.29, 1.82) is 0 Å². The molecule has 1 N–H and O–H groups in total. The van der Waals surface area contributed by atoms with E-state index < -0.39 is 17.7 Å². The Morgan fingerprint density at radius 1 is 1.28 bits per heavy atom. The van der Waals surface area contributed by atoms with Crippen molar-refractivity contribution in [1.82, 2.24) is 14.8 Å². The Kier molecular flexibility index (Phi) is 5.98. The van der Waals surface area contributed by atoms with Crippen molar-refractivity contribution in [3.8, 4) is 5.75 Å². The Bertz CT molecular complexity index is 954. The molecule has 1 amide bonds. The van der Waals surface area contributed by atoms with Gasteiger partial charge < -0.3 is 19.6 Å². The maximum Gasteiger partial charge on any atom is 0.295 e. The van der Waals surface area contributed by atoms with Gasteiger partial charge in [0.15, 0.2) is 0 Å². The quantitative estimate of drug-likeness (QED) is 0.459. The largest absolute Gasteiger partial charge is 0.507 e. The second-order valence-corrected chi connectivity index (χ2v) is 7.29. The molecule has 7 nitrogen and oxygen atoms in total. The number of aryl methyl sites for hydroxylation is 1. The normalized spacial score (nSPS) is 18.5. The van der Waals surface area contributed by atoms with Gasteiger partial charge >= 0.3 is 0 Å². The minimum atomic E-state index is -0.714. The van der Waals surface area contributed by atoms with Gasteiger partial charge in [-0.15, -0.1) is 0 Å². The number of aliphatic hydroxyl groups excluding tert-OH is 1. The maximum atomic E-state index is 13.0. The number of aromatic nitrogens is 1. The first-order valence-corrected chi connectivity index (χ1v) is 9.33. The third kappa shape index (κ3) is 4.00. The summed E-state index contributed by atoms with van der Waals surface area (Å²) in [5, 5.41) is 11.1. The Labute approximate surface area is 170 Å². The number of rotatable bonds is 6. The number of Topliss-reactive ketones (excluding diaryl/α,β-unsaturated/α-hetero) is 1. The minimum absolute atomic E-state index is 0.0469. The van der Waals surface area contributed by atoms with Crippen LogP contribution in [0.2, 0.25) is 0 Å². The number of amides is 1. The molecule has 0 radical (unpaired) electrons. The number of nitrogens with zero attached hydrogens (tertiary/aromatic N) is 3. The number of pyridine rings is 1. The van der Waals surface area contributed by atoms with E-state index in [2.05, 4.69) is 4.98 Å². The fourth-order valence-corrected chi connectivity index (χ4v) is 3.45. The fraction of sp³-hybridized carbons (Fsp3) is 0.318. The number of methoxy groups -OCH3 is 1. The summed E-state index contributed by atoms with van der Waals surface area (Å²) in [5.74, 6) is -1.16. The summed E-state index contributed by atoms with van der Waals surface area (Å²) in [6.45, 7) is 2.81. The zero-order valence-electron chi connectivity index (χ0n) is 17.0. The molecule has 1 aliphatic rings. The molecular formula is C22H25N3O4. The molecule has 2 heterocycles. The monoisotopic (exact) mass is 395 g/mol. The summed E-state index contributed by atoms with van der Waals surface area (Å²) in [4.78, 5) is 33.4. The molecule has 1 aliphatic heterocycles. The fourth-order valence-electron chi connectivity index (χ4n) is 3.45. The van der Waals surface area contributed by atoms with Crippen molar-refractivity contribution in [2.45, 2.75) is 13.0 Å². The molecule has 3 rings (SSSR count). The summed E-state index contributed by atoms with van der Waals surface area (Å²) in [6.07, 6.45) is 3.24. The van der Waals surface area contributed by atoms with Gasteiger partial charge in [-0.05, 0) is 44.8 Å². The van der Waals surface area contributed by atoms with Crippen molar-refractivity contribution in [2.75, 3.05) is 34.3 Å². The molecule has 1 atom stereocenters. The highest BCUT2D eigenvalue weighted by Crippen LogP contribution is 2.40. The third-order valence-corrected chi connectivity index (χ3v) is 4.94. The second-order valence-electron chi connectivity index (χ2n) is 7.29. The number of aliphatic hydroxyl groups is 1. The number of ketones is 1. The van der Waals surface area contributed by atoms with E-state index in [0.717, 1.165) is 5.56 Å². The highest BCUT2D eigenvalue weighted by atomic mass is 16.5. The lowest BCUT2D eigenvalue weighted by molar-refractivity contribution is -0.140. The minimum Gasteiger partial charge on any atom is -0.507 e. The molecule has 7 heteroatoms. The van der Waals surface area contributed by atoms with Crippen molar-refractivity contribution in [2.24, 2.45) is 0 Å². The summed E-state index contributed by atoms with van der Waals surface area (Å²) < 4.78 is 5.37. The standard InChI is InChI=1S/C22H25N3O4/c1-14-7-8-17(29-4)16(12-14)20(26)18-19(15-6-5-9-23-13-15)25(11-10-24(2)3)22(28)21(18)27/h5-9,12-13,19,26H,10-11H2,1-4H3/b20-18+. The average molecular weight is 395 g/mol. The van der Waals surface area contributed by atoms with Crippen LogP contribution in [0.25, 0.3) is 5.76 Å². The van der Waals surface area contributed by atoms with Gasteiger partial charge in [0.25, 0.3) is 11.7 Å². The smallest absolute Gasteiger partial charge is 0.295 e. The molecule has 2 aromatic rings. The van der Waals surface area contributed by atoms with Crippen molar-refractivity contribution in [3.05, 3.63) is 65.0 Å². The van der Waals surface area contributed by atoms with Crippen molar-refractivity contribution in [3.63, 3.8) is 0 Å². The van der Waals surface area contributed by atoms with E-state index in [-0.39, 0.29) is 11.3 Å². The Balaban J connectivity index is 2.19. The number of ether oxygens (including phenoxy) is 1. The molecule has 1 fully saturated rings. The zero-order valence-corrected chi connectivity index (χ0v) is 17.0. The third-order valence-electron chi connectivity index (χ3n) is 4.94. The van der Waals surface area contributed by atoms with Crippen LogP contribution in [0.15, 0.2) is 48.3 Å². The molecule has 152 valence electrons. The molecular weight excluding hydrogens is 370 g/mol. The lowest BCUT2D eigenvalue weighted by atomic mass is 9.95. The highest BCUT2D eigenvalue weighted by molar-refractivity contribution is 6.46. The number of hydrogen-bond acceptors (Lipinski definition) is 6. The second kappa shape index (κ2) is 8.45. The van der Waals surface area contributed by atoms with Crippen LogP contribution in [-0.4, -0.2) is 65.9 Å². The maximum absolute atomic E-state index is 13.0. The number of hydrogen-bond donors (Lipinski definition) is 1. The molecule has 0 aliphatic carbocycles. The summed E-state index contributed by atoms with van der Waals surface area (Å²) in [6, 6.07) is 8.15.